The first-order valence-corrected chi connectivity index (χ1v) is 12.8. The van der Waals surface area contributed by atoms with Crippen LogP contribution < -0.4 is 14.4 Å². The van der Waals surface area contributed by atoms with Gasteiger partial charge in [0.05, 0.1) is 24.1 Å². The normalized spacial score (nSPS) is 12.1. The van der Waals surface area contributed by atoms with Crippen LogP contribution in [0.25, 0.3) is 0 Å². The topological polar surface area (TPSA) is 96.0 Å². The quantitative estimate of drug-likeness (QED) is 0.498. The van der Waals surface area contributed by atoms with Gasteiger partial charge in [0.15, 0.2) is 0 Å². The SMILES string of the molecule is CCCNC(=O)C(C)N(Cc1ccccc1F)C(=O)CN(c1ccc(OC)c(Cl)c1)S(C)(=O)=O. The number of ether oxygens (including phenoxy) is 1. The second-order valence-corrected chi connectivity index (χ2v) is 9.98. The van der Waals surface area contributed by atoms with Gasteiger partial charge in [-0.25, -0.2) is 12.8 Å². The smallest absolute Gasteiger partial charge is 0.244 e. The minimum atomic E-state index is -3.91. The Hall–Kier alpha value is -2.85. The third-order valence-electron chi connectivity index (χ3n) is 5.12. The lowest BCUT2D eigenvalue weighted by Gasteiger charge is -2.31. The molecule has 1 N–H and O–H groups in total. The number of nitrogens with one attached hydrogen (secondary N) is 1. The molecule has 0 fully saturated rings. The highest BCUT2D eigenvalue weighted by Crippen LogP contribution is 2.30. The summed E-state index contributed by atoms with van der Waals surface area (Å²) < 4.78 is 45.4. The highest BCUT2D eigenvalue weighted by atomic mass is 35.5. The van der Waals surface area contributed by atoms with Gasteiger partial charge in [0.25, 0.3) is 0 Å². The zero-order valence-corrected chi connectivity index (χ0v) is 21.1. The fourth-order valence-electron chi connectivity index (χ4n) is 3.21. The maximum atomic E-state index is 14.3. The van der Waals surface area contributed by atoms with Gasteiger partial charge in [0.2, 0.25) is 21.8 Å². The van der Waals surface area contributed by atoms with Crippen molar-refractivity contribution in [3.63, 3.8) is 0 Å². The third kappa shape index (κ3) is 7.07. The van der Waals surface area contributed by atoms with Crippen molar-refractivity contribution in [3.8, 4) is 5.75 Å². The lowest BCUT2D eigenvalue weighted by molar-refractivity contribution is -0.139. The number of anilines is 1. The summed E-state index contributed by atoms with van der Waals surface area (Å²) in [6.45, 7) is 2.98. The van der Waals surface area contributed by atoms with E-state index in [4.69, 9.17) is 16.3 Å². The van der Waals surface area contributed by atoms with Crippen molar-refractivity contribution in [1.82, 2.24) is 10.2 Å². The van der Waals surface area contributed by atoms with E-state index in [9.17, 15) is 22.4 Å². The zero-order valence-electron chi connectivity index (χ0n) is 19.5. The van der Waals surface area contributed by atoms with E-state index in [1.54, 1.807) is 6.07 Å². The van der Waals surface area contributed by atoms with Gasteiger partial charge >= 0.3 is 0 Å². The van der Waals surface area contributed by atoms with Gasteiger partial charge in [-0.05, 0) is 37.6 Å². The van der Waals surface area contributed by atoms with E-state index in [1.807, 2.05) is 6.92 Å². The molecule has 186 valence electrons. The lowest BCUT2D eigenvalue weighted by Crippen LogP contribution is -2.51. The van der Waals surface area contributed by atoms with Crippen molar-refractivity contribution < 1.29 is 27.1 Å². The van der Waals surface area contributed by atoms with Crippen molar-refractivity contribution in [1.29, 1.82) is 0 Å². The summed E-state index contributed by atoms with van der Waals surface area (Å²) >= 11 is 6.15. The minimum Gasteiger partial charge on any atom is -0.495 e. The van der Waals surface area contributed by atoms with E-state index in [2.05, 4.69) is 5.32 Å². The summed E-state index contributed by atoms with van der Waals surface area (Å²) in [6.07, 6.45) is 1.65. The Labute approximate surface area is 204 Å². The highest BCUT2D eigenvalue weighted by Gasteiger charge is 2.30. The van der Waals surface area contributed by atoms with Gasteiger partial charge in [-0.3, -0.25) is 13.9 Å². The van der Waals surface area contributed by atoms with Gasteiger partial charge in [-0.2, -0.15) is 0 Å². The van der Waals surface area contributed by atoms with E-state index in [0.29, 0.717) is 18.7 Å². The number of rotatable bonds is 11. The van der Waals surface area contributed by atoms with E-state index < -0.39 is 40.2 Å². The number of carbonyl (C=O) groups is 2. The third-order valence-corrected chi connectivity index (χ3v) is 6.55. The monoisotopic (exact) mass is 513 g/mol. The van der Waals surface area contributed by atoms with Crippen LogP contribution in [0.2, 0.25) is 5.02 Å². The molecule has 11 heteroatoms. The summed E-state index contributed by atoms with van der Waals surface area (Å²) in [6, 6.07) is 9.22. The molecule has 0 heterocycles. The van der Waals surface area contributed by atoms with Crippen molar-refractivity contribution in [2.75, 3.05) is 30.8 Å². The number of benzene rings is 2. The van der Waals surface area contributed by atoms with Crippen LogP contribution in [0.15, 0.2) is 42.5 Å². The van der Waals surface area contributed by atoms with Crippen LogP contribution in [0.5, 0.6) is 5.75 Å². The van der Waals surface area contributed by atoms with Gasteiger partial charge in [0.1, 0.15) is 24.2 Å². The highest BCUT2D eigenvalue weighted by molar-refractivity contribution is 7.92. The fraction of sp³-hybridized carbons (Fsp3) is 0.391. The molecule has 1 unspecified atom stereocenters. The van der Waals surface area contributed by atoms with Crippen LogP contribution in [0, 0.1) is 5.82 Å². The Balaban J connectivity index is 2.41. The minimum absolute atomic E-state index is 0.149. The Morgan fingerprint density at radius 2 is 1.88 bits per heavy atom. The summed E-state index contributed by atoms with van der Waals surface area (Å²) in [5, 5.41) is 2.88. The number of amides is 2. The van der Waals surface area contributed by atoms with Crippen LogP contribution in [0.4, 0.5) is 10.1 Å². The number of hydrogen-bond acceptors (Lipinski definition) is 5. The summed E-state index contributed by atoms with van der Waals surface area (Å²) in [5.74, 6) is -1.30. The Morgan fingerprint density at radius 1 is 1.21 bits per heavy atom. The van der Waals surface area contributed by atoms with Gasteiger partial charge in [-0.15, -0.1) is 0 Å². The van der Waals surface area contributed by atoms with Crippen LogP contribution in [0.1, 0.15) is 25.8 Å². The Morgan fingerprint density at radius 3 is 2.44 bits per heavy atom. The Bertz CT molecular complexity index is 1130. The van der Waals surface area contributed by atoms with E-state index in [1.165, 1.54) is 50.4 Å². The molecule has 0 bridgehead atoms. The number of carbonyl (C=O) groups excluding carboxylic acids is 2. The maximum absolute atomic E-state index is 14.3. The van der Waals surface area contributed by atoms with Gasteiger partial charge in [0, 0.05) is 18.7 Å². The molecule has 2 rings (SSSR count). The lowest BCUT2D eigenvalue weighted by atomic mass is 10.1. The molecule has 34 heavy (non-hydrogen) atoms. The van der Waals surface area contributed by atoms with Crippen LogP contribution in [-0.4, -0.2) is 57.6 Å². The van der Waals surface area contributed by atoms with Crippen molar-refractivity contribution >= 4 is 39.1 Å². The van der Waals surface area contributed by atoms with Crippen molar-refractivity contribution in [2.24, 2.45) is 0 Å². The molecule has 0 aliphatic heterocycles. The molecule has 2 amide bonds. The standard InChI is InChI=1S/C23H29ClFN3O5S/c1-5-12-26-23(30)16(2)27(14-17-8-6-7-9-20(17)25)22(29)15-28(34(4,31)32)18-10-11-21(33-3)19(24)13-18/h6-11,13,16H,5,12,14-15H2,1-4H3,(H,26,30). The molecule has 0 spiro atoms. The molecular formula is C23H29ClFN3O5S. The molecule has 0 aromatic heterocycles. The largest absolute Gasteiger partial charge is 0.495 e. The van der Waals surface area contributed by atoms with Crippen LogP contribution >= 0.6 is 11.6 Å². The molecular weight excluding hydrogens is 485 g/mol. The average Bonchev–Trinajstić information content (AvgIpc) is 2.79. The van der Waals surface area contributed by atoms with E-state index in [-0.39, 0.29) is 22.8 Å². The maximum Gasteiger partial charge on any atom is 0.244 e. The van der Waals surface area contributed by atoms with Gasteiger partial charge in [-0.1, -0.05) is 36.7 Å². The molecule has 0 saturated heterocycles. The molecule has 0 radical (unpaired) electrons. The first-order chi connectivity index (χ1) is 16.0. The molecule has 2 aromatic rings. The number of sulfonamides is 1. The zero-order chi connectivity index (χ0) is 25.5. The molecule has 0 aliphatic rings. The predicted octanol–water partition coefficient (Wildman–Crippen LogP) is 3.20. The summed E-state index contributed by atoms with van der Waals surface area (Å²) in [5.41, 5.74) is 0.347. The van der Waals surface area contributed by atoms with Crippen molar-refractivity contribution in [3.05, 3.63) is 58.9 Å². The summed E-state index contributed by atoms with van der Waals surface area (Å²) in [7, 11) is -2.49. The number of methoxy groups -OCH3 is 1. The second kappa shape index (κ2) is 12.0. The van der Waals surface area contributed by atoms with E-state index >= 15 is 0 Å². The number of halogens is 2. The molecule has 8 nitrogen and oxygen atoms in total. The first kappa shape index (κ1) is 27.4. The van der Waals surface area contributed by atoms with Crippen molar-refractivity contribution in [2.45, 2.75) is 32.9 Å². The van der Waals surface area contributed by atoms with Crippen LogP contribution in [0.3, 0.4) is 0 Å². The predicted molar refractivity (Wildman–Crippen MR) is 130 cm³/mol. The first-order valence-electron chi connectivity index (χ1n) is 10.6. The number of hydrogen-bond donors (Lipinski definition) is 1. The fourth-order valence-corrected chi connectivity index (χ4v) is 4.31. The molecule has 1 atom stereocenters. The van der Waals surface area contributed by atoms with Gasteiger partial charge < -0.3 is 15.0 Å². The molecule has 0 saturated carbocycles. The average molecular weight is 514 g/mol. The molecule has 2 aromatic carbocycles. The summed E-state index contributed by atoms with van der Waals surface area (Å²) in [4.78, 5) is 27.2. The number of nitrogens with zero attached hydrogens (tertiary/aromatic N) is 2. The molecule has 0 aliphatic carbocycles. The van der Waals surface area contributed by atoms with E-state index in [0.717, 1.165) is 15.5 Å². The Kier molecular flexibility index (Phi) is 9.69. The van der Waals surface area contributed by atoms with Crippen LogP contribution in [-0.2, 0) is 26.2 Å². The second-order valence-electron chi connectivity index (χ2n) is 7.67.